The molecule has 1 nitrogen and oxygen atoms in total. The van der Waals surface area contributed by atoms with E-state index in [9.17, 15) is 4.79 Å². The zero-order chi connectivity index (χ0) is 12.1. The summed E-state index contributed by atoms with van der Waals surface area (Å²) in [5.41, 5.74) is 0. The van der Waals surface area contributed by atoms with Crippen LogP contribution in [0.3, 0.4) is 0 Å². The third-order valence-electron chi connectivity index (χ3n) is 2.74. The van der Waals surface area contributed by atoms with Crippen molar-refractivity contribution in [1.82, 2.24) is 0 Å². The molecule has 0 aliphatic heterocycles. The Morgan fingerprint density at radius 3 is 2.31 bits per heavy atom. The van der Waals surface area contributed by atoms with Crippen LogP contribution in [0.4, 0.5) is 0 Å². The summed E-state index contributed by atoms with van der Waals surface area (Å²) in [6.45, 7) is 5.58. The molecule has 16 heavy (non-hydrogen) atoms. The lowest BCUT2D eigenvalue weighted by atomic mass is 10.1. The smallest absolute Gasteiger partial charge is 0.132 e. The molecule has 0 aromatic heterocycles. The first kappa shape index (κ1) is 15.2. The molecule has 0 amide bonds. The molecule has 0 saturated heterocycles. The van der Waals surface area contributed by atoms with E-state index >= 15 is 0 Å². The third kappa shape index (κ3) is 11.2. The molecule has 0 aliphatic carbocycles. The lowest BCUT2D eigenvalue weighted by Crippen LogP contribution is -1.94. The van der Waals surface area contributed by atoms with E-state index in [1.54, 1.807) is 0 Å². The van der Waals surface area contributed by atoms with Gasteiger partial charge in [-0.1, -0.05) is 57.4 Å². The van der Waals surface area contributed by atoms with Gasteiger partial charge in [0.25, 0.3) is 0 Å². The molecule has 0 spiro atoms. The molecule has 0 heterocycles. The maximum atomic E-state index is 11.0. The molecule has 0 radical (unpaired) electrons. The minimum atomic E-state index is 0.412. The highest BCUT2D eigenvalue weighted by Gasteiger charge is 1.97. The van der Waals surface area contributed by atoms with Crippen LogP contribution in [-0.2, 0) is 4.79 Å². The fraction of sp³-hybridized carbons (Fsp3) is 0.667. The van der Waals surface area contributed by atoms with E-state index < -0.39 is 0 Å². The van der Waals surface area contributed by atoms with Gasteiger partial charge in [-0.25, -0.2) is 0 Å². The molecule has 92 valence electrons. The SMILES string of the molecule is C=CC=CCCCCCCCCC(=O)CC. The zero-order valence-corrected chi connectivity index (χ0v) is 10.7. The minimum absolute atomic E-state index is 0.412. The number of carbonyl (C=O) groups is 1. The number of hydrogen-bond donors (Lipinski definition) is 0. The Morgan fingerprint density at radius 2 is 1.69 bits per heavy atom. The van der Waals surface area contributed by atoms with Crippen molar-refractivity contribution in [1.29, 1.82) is 0 Å². The van der Waals surface area contributed by atoms with E-state index in [1.807, 2.05) is 19.1 Å². The maximum Gasteiger partial charge on any atom is 0.132 e. The molecule has 0 aromatic carbocycles. The first-order chi connectivity index (χ1) is 7.81. The van der Waals surface area contributed by atoms with Gasteiger partial charge in [0.15, 0.2) is 0 Å². The van der Waals surface area contributed by atoms with Crippen molar-refractivity contribution in [3.05, 3.63) is 24.8 Å². The van der Waals surface area contributed by atoms with Gasteiger partial charge in [0.1, 0.15) is 5.78 Å². The number of hydrogen-bond acceptors (Lipinski definition) is 1. The molecule has 0 bridgehead atoms. The van der Waals surface area contributed by atoms with E-state index in [-0.39, 0.29) is 0 Å². The van der Waals surface area contributed by atoms with Crippen LogP contribution in [0.2, 0.25) is 0 Å². The predicted molar refractivity (Wildman–Crippen MR) is 71.6 cm³/mol. The molecule has 0 fully saturated rings. The molecule has 1 heteroatoms. The first-order valence-corrected chi connectivity index (χ1v) is 6.60. The monoisotopic (exact) mass is 222 g/mol. The van der Waals surface area contributed by atoms with Crippen LogP contribution in [-0.4, -0.2) is 5.78 Å². The number of unbranched alkanes of at least 4 members (excludes halogenated alkanes) is 6. The summed E-state index contributed by atoms with van der Waals surface area (Å²) in [6, 6.07) is 0. The van der Waals surface area contributed by atoms with Crippen molar-refractivity contribution in [2.45, 2.75) is 64.7 Å². The topological polar surface area (TPSA) is 17.1 Å². The van der Waals surface area contributed by atoms with Crippen molar-refractivity contribution < 1.29 is 4.79 Å². The normalized spacial score (nSPS) is 10.8. The Kier molecular flexibility index (Phi) is 11.6. The lowest BCUT2D eigenvalue weighted by molar-refractivity contribution is -0.118. The number of rotatable bonds is 11. The van der Waals surface area contributed by atoms with Gasteiger partial charge < -0.3 is 0 Å². The summed E-state index contributed by atoms with van der Waals surface area (Å²) < 4.78 is 0. The second-order valence-electron chi connectivity index (χ2n) is 4.22. The van der Waals surface area contributed by atoms with Crippen LogP contribution >= 0.6 is 0 Å². The number of ketones is 1. The largest absolute Gasteiger partial charge is 0.300 e. The van der Waals surface area contributed by atoms with Gasteiger partial charge in [-0.2, -0.15) is 0 Å². The van der Waals surface area contributed by atoms with E-state index in [0.29, 0.717) is 12.2 Å². The fourth-order valence-electron chi connectivity index (χ4n) is 1.66. The van der Waals surface area contributed by atoms with Crippen molar-refractivity contribution in [2.24, 2.45) is 0 Å². The summed E-state index contributed by atoms with van der Waals surface area (Å²) in [4.78, 5) is 11.0. The van der Waals surface area contributed by atoms with Crippen molar-refractivity contribution >= 4 is 5.78 Å². The van der Waals surface area contributed by atoms with Crippen molar-refractivity contribution in [3.8, 4) is 0 Å². The average molecular weight is 222 g/mol. The highest BCUT2D eigenvalue weighted by atomic mass is 16.1. The summed E-state index contributed by atoms with van der Waals surface area (Å²) in [5, 5.41) is 0. The second-order valence-corrected chi connectivity index (χ2v) is 4.22. The van der Waals surface area contributed by atoms with Gasteiger partial charge >= 0.3 is 0 Å². The van der Waals surface area contributed by atoms with E-state index in [4.69, 9.17) is 0 Å². The molecule has 0 saturated carbocycles. The first-order valence-electron chi connectivity index (χ1n) is 6.60. The van der Waals surface area contributed by atoms with Gasteiger partial charge in [-0.05, 0) is 19.3 Å². The summed E-state index contributed by atoms with van der Waals surface area (Å²) in [7, 11) is 0. The Balaban J connectivity index is 3.07. The third-order valence-corrected chi connectivity index (χ3v) is 2.74. The molecule has 0 unspecified atom stereocenters. The van der Waals surface area contributed by atoms with Gasteiger partial charge in [0.05, 0.1) is 0 Å². The lowest BCUT2D eigenvalue weighted by Gasteiger charge is -2.00. The van der Waals surface area contributed by atoms with Crippen LogP contribution < -0.4 is 0 Å². The van der Waals surface area contributed by atoms with E-state index in [0.717, 1.165) is 12.8 Å². The number of allylic oxidation sites excluding steroid dienone is 3. The van der Waals surface area contributed by atoms with Gasteiger partial charge in [-0.15, -0.1) is 0 Å². The van der Waals surface area contributed by atoms with Gasteiger partial charge in [0, 0.05) is 12.8 Å². The highest BCUT2D eigenvalue weighted by Crippen LogP contribution is 2.09. The molecule has 0 aliphatic rings. The Hall–Kier alpha value is -0.850. The van der Waals surface area contributed by atoms with Crippen LogP contribution in [0.15, 0.2) is 24.8 Å². The molecule has 0 N–H and O–H groups in total. The Labute approximate surface area is 101 Å². The summed E-state index contributed by atoms with van der Waals surface area (Å²) in [5.74, 6) is 0.412. The van der Waals surface area contributed by atoms with E-state index in [1.165, 1.54) is 38.5 Å². The number of Topliss-reactive ketones (excluding diaryl/α,β-unsaturated/α-hetero) is 1. The quantitative estimate of drug-likeness (QED) is 0.361. The molecular weight excluding hydrogens is 196 g/mol. The highest BCUT2D eigenvalue weighted by molar-refractivity contribution is 5.77. The van der Waals surface area contributed by atoms with Crippen LogP contribution in [0.25, 0.3) is 0 Å². The van der Waals surface area contributed by atoms with Crippen molar-refractivity contribution in [2.75, 3.05) is 0 Å². The molecule has 0 rings (SSSR count). The predicted octanol–water partition coefficient (Wildman–Crippen LogP) is 4.83. The molecular formula is C15H26O. The standard InChI is InChI=1S/C15H26O/c1-3-5-6-7-8-9-10-11-12-13-14-15(16)4-2/h3,5-6H,1,4,7-14H2,2H3. The molecule has 0 atom stereocenters. The van der Waals surface area contributed by atoms with Gasteiger partial charge in [-0.3, -0.25) is 4.79 Å². The van der Waals surface area contributed by atoms with Gasteiger partial charge in [0.2, 0.25) is 0 Å². The Bertz CT molecular complexity index is 203. The second kappa shape index (κ2) is 12.2. The fourth-order valence-corrected chi connectivity index (χ4v) is 1.66. The average Bonchev–Trinajstić information content (AvgIpc) is 2.31. The maximum absolute atomic E-state index is 11.0. The number of carbonyl (C=O) groups excluding carboxylic acids is 1. The van der Waals surface area contributed by atoms with Crippen molar-refractivity contribution in [3.63, 3.8) is 0 Å². The summed E-state index contributed by atoms with van der Waals surface area (Å²) in [6.07, 6.45) is 16.1. The minimum Gasteiger partial charge on any atom is -0.300 e. The van der Waals surface area contributed by atoms with Crippen LogP contribution in [0, 0.1) is 0 Å². The van der Waals surface area contributed by atoms with E-state index in [2.05, 4.69) is 12.7 Å². The summed E-state index contributed by atoms with van der Waals surface area (Å²) >= 11 is 0. The zero-order valence-electron chi connectivity index (χ0n) is 10.7. The van der Waals surface area contributed by atoms with Crippen LogP contribution in [0.1, 0.15) is 64.7 Å². The van der Waals surface area contributed by atoms with Crippen LogP contribution in [0.5, 0.6) is 0 Å². The molecule has 0 aromatic rings. The Morgan fingerprint density at radius 1 is 1.06 bits per heavy atom.